The lowest BCUT2D eigenvalue weighted by Crippen LogP contribution is -2.75. The van der Waals surface area contributed by atoms with Gasteiger partial charge in [-0.1, -0.05) is 0 Å². The first-order valence-corrected chi connectivity index (χ1v) is 9.74. The second-order valence-electron chi connectivity index (χ2n) is 7.55. The summed E-state index contributed by atoms with van der Waals surface area (Å²) in [6, 6.07) is 8.14. The minimum atomic E-state index is 0. The molecule has 0 aliphatic heterocycles. The number of halogens is 2. The number of pyridine rings is 1. The molecule has 0 aromatic carbocycles. The molecule has 3 aliphatic carbocycles. The SMILES string of the molecule is CCOc1ccc(-c2nnc(C34CC(N)(C3)C4)n2-c2ccc(C)s2)nc1.Cl.Cl. The van der Waals surface area contributed by atoms with Gasteiger partial charge >= 0.3 is 0 Å². The van der Waals surface area contributed by atoms with Gasteiger partial charge in [-0.2, -0.15) is 0 Å². The van der Waals surface area contributed by atoms with E-state index in [9.17, 15) is 0 Å². The maximum atomic E-state index is 6.28. The van der Waals surface area contributed by atoms with E-state index in [1.807, 2.05) is 19.1 Å². The highest BCUT2D eigenvalue weighted by atomic mass is 35.5. The van der Waals surface area contributed by atoms with Crippen LogP contribution in [0.2, 0.25) is 0 Å². The second kappa shape index (κ2) is 7.30. The maximum absolute atomic E-state index is 6.28. The van der Waals surface area contributed by atoms with Crippen molar-refractivity contribution in [3.8, 4) is 22.3 Å². The summed E-state index contributed by atoms with van der Waals surface area (Å²) in [6.07, 6.45) is 4.74. The number of nitrogens with two attached hydrogens (primary N) is 1. The third-order valence-corrected chi connectivity index (χ3v) is 6.42. The first-order valence-electron chi connectivity index (χ1n) is 8.93. The lowest BCUT2D eigenvalue weighted by molar-refractivity contribution is -0.0663. The Labute approximate surface area is 180 Å². The van der Waals surface area contributed by atoms with E-state index in [2.05, 4.69) is 38.8 Å². The Morgan fingerprint density at radius 3 is 2.43 bits per heavy atom. The molecular formula is C19H23Cl2N5OS. The molecule has 0 atom stereocenters. The van der Waals surface area contributed by atoms with Crippen LogP contribution in [0.25, 0.3) is 16.5 Å². The van der Waals surface area contributed by atoms with Gasteiger partial charge in [0.15, 0.2) is 5.82 Å². The smallest absolute Gasteiger partial charge is 0.187 e. The first-order chi connectivity index (χ1) is 12.5. The average Bonchev–Trinajstić information content (AvgIpc) is 3.18. The van der Waals surface area contributed by atoms with Crippen LogP contribution in [0.5, 0.6) is 5.75 Å². The third-order valence-electron chi connectivity index (χ3n) is 5.43. The fourth-order valence-electron chi connectivity index (χ4n) is 4.41. The number of hydrogen-bond donors (Lipinski definition) is 1. The van der Waals surface area contributed by atoms with Crippen molar-refractivity contribution in [2.75, 3.05) is 6.61 Å². The molecule has 3 heterocycles. The van der Waals surface area contributed by atoms with E-state index in [4.69, 9.17) is 10.5 Å². The highest BCUT2D eigenvalue weighted by Gasteiger charge is 2.68. The van der Waals surface area contributed by atoms with Crippen molar-refractivity contribution in [2.24, 2.45) is 5.73 Å². The average molecular weight is 440 g/mol. The van der Waals surface area contributed by atoms with E-state index < -0.39 is 0 Å². The molecule has 0 saturated heterocycles. The molecule has 0 unspecified atom stereocenters. The van der Waals surface area contributed by atoms with Crippen LogP contribution in [0.15, 0.2) is 30.5 Å². The second-order valence-corrected chi connectivity index (χ2v) is 8.82. The molecule has 3 aliphatic rings. The summed E-state index contributed by atoms with van der Waals surface area (Å²) in [5, 5.41) is 10.2. The molecule has 3 saturated carbocycles. The lowest BCUT2D eigenvalue weighted by Gasteiger charge is -2.68. The standard InChI is InChI=1S/C19H21N5OS.2ClH/c1-3-25-13-5-6-14(21-8-13)16-22-23-17(18-9-19(20,10-18)11-18)24(16)15-7-4-12(2)26-15;;/h4-8H,3,9-11,20H2,1-2H3;2*1H. The number of ether oxygens (including phenoxy) is 1. The molecular weight excluding hydrogens is 417 g/mol. The van der Waals surface area contributed by atoms with Gasteiger partial charge in [-0.25, -0.2) is 4.98 Å². The normalized spacial score (nSPS) is 24.4. The van der Waals surface area contributed by atoms with Crippen molar-refractivity contribution in [2.45, 2.75) is 44.1 Å². The van der Waals surface area contributed by atoms with Crippen molar-refractivity contribution < 1.29 is 4.74 Å². The fourth-order valence-corrected chi connectivity index (χ4v) is 5.28. The van der Waals surface area contributed by atoms with Gasteiger partial charge in [0.1, 0.15) is 22.3 Å². The molecule has 2 bridgehead atoms. The van der Waals surface area contributed by atoms with E-state index >= 15 is 0 Å². The predicted molar refractivity (Wildman–Crippen MR) is 115 cm³/mol. The topological polar surface area (TPSA) is 78.9 Å². The Kier molecular flexibility index (Phi) is 5.49. The van der Waals surface area contributed by atoms with Crippen molar-refractivity contribution in [3.63, 3.8) is 0 Å². The molecule has 28 heavy (non-hydrogen) atoms. The molecule has 2 N–H and O–H groups in total. The fraction of sp³-hybridized carbons (Fsp3) is 0.421. The van der Waals surface area contributed by atoms with Gasteiger partial charge in [0.25, 0.3) is 0 Å². The van der Waals surface area contributed by atoms with E-state index in [-0.39, 0.29) is 35.8 Å². The molecule has 0 amide bonds. The van der Waals surface area contributed by atoms with Crippen LogP contribution < -0.4 is 10.5 Å². The van der Waals surface area contributed by atoms with Crippen LogP contribution in [0.4, 0.5) is 0 Å². The monoisotopic (exact) mass is 439 g/mol. The van der Waals surface area contributed by atoms with E-state index in [1.165, 1.54) is 4.88 Å². The highest BCUT2D eigenvalue weighted by Crippen LogP contribution is 2.66. The zero-order valence-corrected chi connectivity index (χ0v) is 18.2. The van der Waals surface area contributed by atoms with Gasteiger partial charge < -0.3 is 10.5 Å². The molecule has 6 rings (SSSR count). The Bertz CT molecular complexity index is 965. The summed E-state index contributed by atoms with van der Waals surface area (Å²) in [5.74, 6) is 2.57. The van der Waals surface area contributed by atoms with Crippen molar-refractivity contribution in [1.82, 2.24) is 19.7 Å². The summed E-state index contributed by atoms with van der Waals surface area (Å²) in [5.41, 5.74) is 7.20. The summed E-state index contributed by atoms with van der Waals surface area (Å²) in [6.45, 7) is 4.70. The van der Waals surface area contributed by atoms with Crippen LogP contribution in [0.1, 0.15) is 36.9 Å². The summed E-state index contributed by atoms with van der Waals surface area (Å²) in [4.78, 5) is 5.82. The van der Waals surface area contributed by atoms with Gasteiger partial charge in [-0.05, 0) is 57.4 Å². The molecule has 150 valence electrons. The molecule has 3 fully saturated rings. The van der Waals surface area contributed by atoms with Crippen molar-refractivity contribution >= 4 is 36.2 Å². The van der Waals surface area contributed by atoms with Crippen molar-refractivity contribution in [3.05, 3.63) is 41.2 Å². The number of rotatable bonds is 5. The van der Waals surface area contributed by atoms with Gasteiger partial charge in [0, 0.05) is 15.8 Å². The minimum Gasteiger partial charge on any atom is -0.492 e. The summed E-state index contributed by atoms with van der Waals surface area (Å²) < 4.78 is 7.68. The Morgan fingerprint density at radius 2 is 1.89 bits per heavy atom. The van der Waals surface area contributed by atoms with Crippen molar-refractivity contribution in [1.29, 1.82) is 0 Å². The van der Waals surface area contributed by atoms with Gasteiger partial charge in [0.05, 0.1) is 12.8 Å². The molecule has 0 spiro atoms. The van der Waals surface area contributed by atoms with Crippen LogP contribution in [0.3, 0.4) is 0 Å². The Hall–Kier alpha value is -1.67. The zero-order chi connectivity index (χ0) is 17.9. The van der Waals surface area contributed by atoms with Crippen LogP contribution in [-0.4, -0.2) is 31.9 Å². The molecule has 0 radical (unpaired) electrons. The van der Waals surface area contributed by atoms with Gasteiger partial charge in [0.2, 0.25) is 0 Å². The minimum absolute atomic E-state index is 0. The Balaban J connectivity index is 0.00000112. The molecule has 6 nitrogen and oxygen atoms in total. The Morgan fingerprint density at radius 1 is 1.14 bits per heavy atom. The van der Waals surface area contributed by atoms with E-state index in [0.717, 1.165) is 47.4 Å². The predicted octanol–water partition coefficient (Wildman–Crippen LogP) is 4.07. The lowest BCUT2D eigenvalue weighted by atomic mass is 9.39. The largest absolute Gasteiger partial charge is 0.492 e. The third kappa shape index (κ3) is 3.10. The van der Waals surface area contributed by atoms with Crippen LogP contribution in [-0.2, 0) is 5.41 Å². The quantitative estimate of drug-likeness (QED) is 0.647. The van der Waals surface area contributed by atoms with Gasteiger partial charge in [-0.15, -0.1) is 46.3 Å². The molecule has 3 aromatic rings. The molecule has 3 aromatic heterocycles. The number of aryl methyl sites for hydroxylation is 1. The highest BCUT2D eigenvalue weighted by molar-refractivity contribution is 7.14. The number of hydrogen-bond acceptors (Lipinski definition) is 6. The summed E-state index contributed by atoms with van der Waals surface area (Å²) >= 11 is 1.75. The molecule has 9 heteroatoms. The first kappa shape index (κ1) is 21.0. The number of aromatic nitrogens is 4. The van der Waals surface area contributed by atoms with Crippen LogP contribution >= 0.6 is 36.2 Å². The van der Waals surface area contributed by atoms with E-state index in [0.29, 0.717) is 6.61 Å². The van der Waals surface area contributed by atoms with E-state index in [1.54, 1.807) is 17.5 Å². The number of thiophene rings is 1. The van der Waals surface area contributed by atoms with Gasteiger partial charge in [-0.3, -0.25) is 4.57 Å². The van der Waals surface area contributed by atoms with Crippen LogP contribution in [0, 0.1) is 6.92 Å². The maximum Gasteiger partial charge on any atom is 0.187 e. The zero-order valence-electron chi connectivity index (χ0n) is 15.7. The summed E-state index contributed by atoms with van der Waals surface area (Å²) in [7, 11) is 0. The number of nitrogens with zero attached hydrogens (tertiary/aromatic N) is 4.